The van der Waals surface area contributed by atoms with E-state index in [9.17, 15) is 32.0 Å². The van der Waals surface area contributed by atoms with Gasteiger partial charge in [0.15, 0.2) is 0 Å². The minimum Gasteiger partial charge on any atom is -0.481 e. The van der Waals surface area contributed by atoms with Crippen molar-refractivity contribution in [1.82, 2.24) is 24.6 Å². The van der Waals surface area contributed by atoms with E-state index >= 15 is 0 Å². The van der Waals surface area contributed by atoms with Gasteiger partial charge in [0.25, 0.3) is 5.91 Å². The molecule has 2 fully saturated rings. The molecule has 0 spiro atoms. The standard InChI is InChI=1S/C33H48FN5O8S/c1-3-24-19-33(24,31(43)37-48(45,46)38(2)17-12-10-8-6-4-5-7-9-11-16-29(40)41)36-30(42)28-18-25(20-35-28)47-32(44)39-21-23-14-13-15-27(34)26(23)22-39/h3,13-15,24-25,28,35H,1,4-12,16-22H2,2H3,(H,36,42)(H,37,43)(H,40,41)/t24-,25-,28+,33-/m1/s1. The first-order valence-corrected chi connectivity index (χ1v) is 18.2. The summed E-state index contributed by atoms with van der Waals surface area (Å²) in [5.74, 6) is -2.94. The number of carboxylic acids is 1. The number of aliphatic carboxylic acids is 1. The Balaban J connectivity index is 1.17. The third kappa shape index (κ3) is 9.75. The predicted octanol–water partition coefficient (Wildman–Crippen LogP) is 3.35. The first-order chi connectivity index (χ1) is 22.9. The number of nitrogens with one attached hydrogen (secondary N) is 3. The number of hydrogen-bond donors (Lipinski definition) is 4. The van der Waals surface area contributed by atoms with Crippen molar-refractivity contribution in [3.8, 4) is 0 Å². The van der Waals surface area contributed by atoms with E-state index in [4.69, 9.17) is 9.84 Å². The van der Waals surface area contributed by atoms with Crippen LogP contribution in [0, 0.1) is 11.7 Å². The third-order valence-corrected chi connectivity index (χ3v) is 10.9. The SMILES string of the molecule is C=C[C@@H]1C[C@]1(NC(=O)[C@@H]1C[C@@H](OC(=O)N2Cc3cccc(F)c3C2)CN1)C(=O)NS(=O)(=O)N(C)CCCCCCCCCCCC(=O)O. The summed E-state index contributed by atoms with van der Waals surface area (Å²) in [7, 11) is -2.75. The van der Waals surface area contributed by atoms with Gasteiger partial charge < -0.3 is 20.5 Å². The van der Waals surface area contributed by atoms with Crippen molar-refractivity contribution in [2.75, 3.05) is 20.1 Å². The number of carboxylic acid groups (broad SMARTS) is 1. The van der Waals surface area contributed by atoms with Gasteiger partial charge in [-0.2, -0.15) is 12.7 Å². The number of ether oxygens (including phenoxy) is 1. The van der Waals surface area contributed by atoms with Gasteiger partial charge >= 0.3 is 22.3 Å². The molecule has 1 aromatic rings. The maximum Gasteiger partial charge on any atom is 0.410 e. The molecular weight excluding hydrogens is 645 g/mol. The monoisotopic (exact) mass is 693 g/mol. The molecule has 266 valence electrons. The number of rotatable bonds is 19. The minimum absolute atomic E-state index is 0.101. The second kappa shape index (κ2) is 16.7. The van der Waals surface area contributed by atoms with Gasteiger partial charge in [-0.05, 0) is 30.9 Å². The Bertz CT molecular complexity index is 1460. The van der Waals surface area contributed by atoms with Gasteiger partial charge in [-0.15, -0.1) is 6.58 Å². The molecule has 2 aliphatic heterocycles. The summed E-state index contributed by atoms with van der Waals surface area (Å²) >= 11 is 0. The molecule has 48 heavy (non-hydrogen) atoms. The van der Waals surface area contributed by atoms with Gasteiger partial charge in [0.05, 0.1) is 12.6 Å². The number of halogens is 1. The first kappa shape index (κ1) is 37.3. The first-order valence-electron chi connectivity index (χ1n) is 16.8. The molecule has 15 heteroatoms. The summed E-state index contributed by atoms with van der Waals surface area (Å²) in [4.78, 5) is 51.2. The van der Waals surface area contributed by atoms with E-state index in [-0.39, 0.29) is 51.3 Å². The number of nitrogens with zero attached hydrogens (tertiary/aromatic N) is 2. The van der Waals surface area contributed by atoms with Crippen LogP contribution in [0.25, 0.3) is 0 Å². The smallest absolute Gasteiger partial charge is 0.410 e. The van der Waals surface area contributed by atoms with Gasteiger partial charge in [0, 0.05) is 51.0 Å². The average molecular weight is 694 g/mol. The van der Waals surface area contributed by atoms with Crippen LogP contribution in [0.2, 0.25) is 0 Å². The highest BCUT2D eigenvalue weighted by atomic mass is 32.2. The predicted molar refractivity (Wildman–Crippen MR) is 175 cm³/mol. The number of carbonyl (C=O) groups excluding carboxylic acids is 3. The van der Waals surface area contributed by atoms with Gasteiger partial charge in [0.1, 0.15) is 17.5 Å². The van der Waals surface area contributed by atoms with Crippen LogP contribution in [0.15, 0.2) is 30.9 Å². The van der Waals surface area contributed by atoms with E-state index in [1.54, 1.807) is 12.1 Å². The highest BCUT2D eigenvalue weighted by Gasteiger charge is 2.61. The Morgan fingerprint density at radius 1 is 1.10 bits per heavy atom. The summed E-state index contributed by atoms with van der Waals surface area (Å²) < 4.78 is 48.8. The fourth-order valence-corrected chi connectivity index (χ4v) is 7.26. The molecule has 13 nitrogen and oxygen atoms in total. The van der Waals surface area contributed by atoms with Crippen LogP contribution in [0.4, 0.5) is 9.18 Å². The van der Waals surface area contributed by atoms with Crippen LogP contribution in [0.5, 0.6) is 0 Å². The molecule has 1 aromatic carbocycles. The molecule has 1 saturated heterocycles. The topological polar surface area (TPSA) is 174 Å². The normalized spacial score (nSPS) is 23.1. The molecule has 0 radical (unpaired) electrons. The number of unbranched alkanes of at least 4 members (excludes halogenated alkanes) is 8. The average Bonchev–Trinajstić information content (AvgIpc) is 3.33. The Hall–Kier alpha value is -3.56. The highest BCUT2D eigenvalue weighted by molar-refractivity contribution is 7.87. The van der Waals surface area contributed by atoms with Gasteiger partial charge in [-0.25, -0.2) is 13.9 Å². The molecule has 0 aromatic heterocycles. The fourth-order valence-electron chi connectivity index (χ4n) is 6.32. The molecular formula is C33H48FN5O8S. The molecule has 4 N–H and O–H groups in total. The van der Waals surface area contributed by atoms with Crippen LogP contribution in [-0.2, 0) is 42.4 Å². The van der Waals surface area contributed by atoms with Crippen molar-refractivity contribution in [3.63, 3.8) is 0 Å². The summed E-state index contributed by atoms with van der Waals surface area (Å²) in [6.07, 6.45) is 8.99. The maximum atomic E-state index is 14.1. The van der Waals surface area contributed by atoms with E-state index in [1.165, 1.54) is 24.1 Å². The third-order valence-electron chi connectivity index (χ3n) is 9.41. The van der Waals surface area contributed by atoms with Crippen LogP contribution < -0.4 is 15.4 Å². The number of amides is 3. The summed E-state index contributed by atoms with van der Waals surface area (Å²) in [6, 6.07) is 3.92. The largest absolute Gasteiger partial charge is 0.481 e. The van der Waals surface area contributed by atoms with Crippen molar-refractivity contribution >= 4 is 34.1 Å². The van der Waals surface area contributed by atoms with Gasteiger partial charge in [-0.1, -0.05) is 63.2 Å². The van der Waals surface area contributed by atoms with Crippen molar-refractivity contribution in [3.05, 3.63) is 47.8 Å². The number of fused-ring (bicyclic) bond motifs is 1. The zero-order valence-corrected chi connectivity index (χ0v) is 28.4. The van der Waals surface area contributed by atoms with E-state index in [1.807, 2.05) is 0 Å². The summed E-state index contributed by atoms with van der Waals surface area (Å²) in [6.45, 7) is 4.49. The molecule has 4 atom stereocenters. The van der Waals surface area contributed by atoms with Crippen molar-refractivity contribution in [2.24, 2.45) is 5.92 Å². The lowest BCUT2D eigenvalue weighted by molar-refractivity contribution is -0.137. The van der Waals surface area contributed by atoms with Crippen molar-refractivity contribution in [1.29, 1.82) is 0 Å². The van der Waals surface area contributed by atoms with E-state index in [0.29, 0.717) is 18.4 Å². The van der Waals surface area contributed by atoms with Crippen LogP contribution in [0.1, 0.15) is 88.2 Å². The second-order valence-electron chi connectivity index (χ2n) is 13.0. The van der Waals surface area contributed by atoms with Crippen LogP contribution >= 0.6 is 0 Å². The molecule has 3 amide bonds. The van der Waals surface area contributed by atoms with Crippen molar-refractivity contribution in [2.45, 2.75) is 108 Å². The molecule has 0 bridgehead atoms. The molecule has 4 rings (SSSR count). The zero-order valence-electron chi connectivity index (χ0n) is 27.5. The zero-order chi connectivity index (χ0) is 34.9. The fraction of sp³-hybridized carbons (Fsp3) is 0.636. The number of carbonyl (C=O) groups is 4. The second-order valence-corrected chi connectivity index (χ2v) is 14.8. The van der Waals surface area contributed by atoms with Gasteiger partial charge in [0.2, 0.25) is 5.91 Å². The minimum atomic E-state index is -4.15. The lowest BCUT2D eigenvalue weighted by Gasteiger charge is -2.23. The summed E-state index contributed by atoms with van der Waals surface area (Å²) in [5, 5.41) is 14.4. The molecule has 1 saturated carbocycles. The highest BCUT2D eigenvalue weighted by Crippen LogP contribution is 2.45. The van der Waals surface area contributed by atoms with Crippen LogP contribution in [0.3, 0.4) is 0 Å². The lowest BCUT2D eigenvalue weighted by atomic mass is 10.1. The molecule has 1 aliphatic carbocycles. The quantitative estimate of drug-likeness (QED) is 0.125. The Labute approximate surface area is 281 Å². The summed E-state index contributed by atoms with van der Waals surface area (Å²) in [5.41, 5.74) is -0.277. The van der Waals surface area contributed by atoms with Gasteiger partial charge in [-0.3, -0.25) is 19.3 Å². The van der Waals surface area contributed by atoms with Crippen molar-refractivity contribution < 1.29 is 41.8 Å². The number of benzene rings is 1. The molecule has 2 heterocycles. The number of hydrogen-bond acceptors (Lipinski definition) is 8. The lowest BCUT2D eigenvalue weighted by Crippen LogP contribution is -2.56. The van der Waals surface area contributed by atoms with E-state index in [0.717, 1.165) is 54.8 Å². The van der Waals surface area contributed by atoms with E-state index in [2.05, 4.69) is 21.9 Å². The Kier molecular flexibility index (Phi) is 13.0. The Morgan fingerprint density at radius 3 is 2.40 bits per heavy atom. The Morgan fingerprint density at radius 2 is 1.77 bits per heavy atom. The van der Waals surface area contributed by atoms with E-state index < -0.39 is 57.7 Å². The maximum absolute atomic E-state index is 14.1. The molecule has 0 unspecified atom stereocenters. The van der Waals surface area contributed by atoms with Crippen LogP contribution in [-0.4, -0.2) is 84.4 Å². The molecule has 3 aliphatic rings.